The van der Waals surface area contributed by atoms with Crippen LogP contribution in [0.25, 0.3) is 0 Å². The van der Waals surface area contributed by atoms with E-state index in [0.29, 0.717) is 6.04 Å². The number of hydrogen-bond donors (Lipinski definition) is 1. The Kier molecular flexibility index (Phi) is 5.08. The van der Waals surface area contributed by atoms with Crippen molar-refractivity contribution in [3.05, 3.63) is 34.9 Å². The minimum Gasteiger partial charge on any atom is -0.310 e. The standard InChI is InChI=1S/C15H21N/c1-5-7-8-15(16-6-2)14-10-12(3)9-13(4)11-14/h1,9-11,15-16H,6-8H2,2-4H3. The lowest BCUT2D eigenvalue weighted by Gasteiger charge is -2.18. The lowest BCUT2D eigenvalue weighted by Crippen LogP contribution is -2.20. The molecule has 0 spiro atoms. The second-order valence-electron chi connectivity index (χ2n) is 4.27. The zero-order chi connectivity index (χ0) is 12.0. The summed E-state index contributed by atoms with van der Waals surface area (Å²) in [5.41, 5.74) is 3.99. The summed E-state index contributed by atoms with van der Waals surface area (Å²) >= 11 is 0. The molecule has 16 heavy (non-hydrogen) atoms. The van der Waals surface area contributed by atoms with E-state index in [-0.39, 0.29) is 0 Å². The van der Waals surface area contributed by atoms with Gasteiger partial charge in [0.25, 0.3) is 0 Å². The Bertz CT molecular complexity index is 353. The summed E-state index contributed by atoms with van der Waals surface area (Å²) in [5, 5.41) is 3.49. The van der Waals surface area contributed by atoms with E-state index in [1.54, 1.807) is 0 Å². The Hall–Kier alpha value is -1.26. The van der Waals surface area contributed by atoms with E-state index in [1.807, 2.05) is 0 Å². The maximum atomic E-state index is 5.33. The van der Waals surface area contributed by atoms with Gasteiger partial charge in [0.05, 0.1) is 0 Å². The summed E-state index contributed by atoms with van der Waals surface area (Å²) in [6, 6.07) is 7.08. The lowest BCUT2D eigenvalue weighted by atomic mass is 9.98. The van der Waals surface area contributed by atoms with Gasteiger partial charge in [0.15, 0.2) is 0 Å². The molecule has 0 radical (unpaired) electrons. The quantitative estimate of drug-likeness (QED) is 0.743. The van der Waals surface area contributed by atoms with Crippen molar-refractivity contribution in [2.24, 2.45) is 0 Å². The van der Waals surface area contributed by atoms with E-state index < -0.39 is 0 Å². The first-order valence-electron chi connectivity index (χ1n) is 5.92. The molecule has 0 aliphatic heterocycles. The van der Waals surface area contributed by atoms with E-state index in [9.17, 15) is 0 Å². The van der Waals surface area contributed by atoms with E-state index in [1.165, 1.54) is 16.7 Å². The van der Waals surface area contributed by atoms with Crippen molar-refractivity contribution in [3.63, 3.8) is 0 Å². The Labute approximate surface area is 99.3 Å². The molecule has 1 unspecified atom stereocenters. The summed E-state index contributed by atoms with van der Waals surface area (Å²) in [6.07, 6.45) is 7.16. The second kappa shape index (κ2) is 6.35. The summed E-state index contributed by atoms with van der Waals surface area (Å²) in [5.74, 6) is 2.72. The molecule has 1 nitrogen and oxygen atoms in total. The number of rotatable bonds is 5. The van der Waals surface area contributed by atoms with Crippen molar-refractivity contribution >= 4 is 0 Å². The number of aryl methyl sites for hydroxylation is 2. The van der Waals surface area contributed by atoms with Crippen LogP contribution in [0.5, 0.6) is 0 Å². The predicted octanol–water partition coefficient (Wildman–Crippen LogP) is 3.37. The summed E-state index contributed by atoms with van der Waals surface area (Å²) < 4.78 is 0. The smallest absolute Gasteiger partial charge is 0.0329 e. The van der Waals surface area contributed by atoms with Crippen LogP contribution in [0.1, 0.15) is 42.5 Å². The van der Waals surface area contributed by atoms with E-state index >= 15 is 0 Å². The van der Waals surface area contributed by atoms with Crippen LogP contribution in [0.3, 0.4) is 0 Å². The molecule has 0 bridgehead atoms. The van der Waals surface area contributed by atoms with E-state index in [4.69, 9.17) is 6.42 Å². The first-order chi connectivity index (χ1) is 7.67. The maximum Gasteiger partial charge on any atom is 0.0329 e. The van der Waals surface area contributed by atoms with Gasteiger partial charge in [-0.25, -0.2) is 0 Å². The Morgan fingerprint density at radius 1 is 1.25 bits per heavy atom. The predicted molar refractivity (Wildman–Crippen MR) is 70.4 cm³/mol. The molecule has 1 aromatic rings. The second-order valence-corrected chi connectivity index (χ2v) is 4.27. The molecule has 1 heteroatoms. The van der Waals surface area contributed by atoms with Crippen molar-refractivity contribution in [1.29, 1.82) is 0 Å². The van der Waals surface area contributed by atoms with Crippen LogP contribution in [0.15, 0.2) is 18.2 Å². The highest BCUT2D eigenvalue weighted by molar-refractivity contribution is 5.30. The fourth-order valence-electron chi connectivity index (χ4n) is 2.07. The maximum absolute atomic E-state index is 5.33. The summed E-state index contributed by atoms with van der Waals surface area (Å²) in [7, 11) is 0. The van der Waals surface area contributed by atoms with Gasteiger partial charge in [0.2, 0.25) is 0 Å². The fourth-order valence-corrected chi connectivity index (χ4v) is 2.07. The molecule has 1 aromatic carbocycles. The van der Waals surface area contributed by atoms with Crippen LogP contribution in [-0.2, 0) is 0 Å². The van der Waals surface area contributed by atoms with Gasteiger partial charge >= 0.3 is 0 Å². The number of hydrogen-bond acceptors (Lipinski definition) is 1. The molecule has 1 N–H and O–H groups in total. The third-order valence-corrected chi connectivity index (χ3v) is 2.67. The molecule has 86 valence electrons. The van der Waals surface area contributed by atoms with Crippen LogP contribution in [-0.4, -0.2) is 6.54 Å². The normalized spacial score (nSPS) is 12.1. The van der Waals surface area contributed by atoms with Gasteiger partial charge in [-0.3, -0.25) is 0 Å². The SMILES string of the molecule is C#CCCC(NCC)c1cc(C)cc(C)c1. The van der Waals surface area contributed by atoms with Crippen LogP contribution in [0.2, 0.25) is 0 Å². The highest BCUT2D eigenvalue weighted by atomic mass is 14.9. The molecule has 0 saturated heterocycles. The average molecular weight is 215 g/mol. The third kappa shape index (κ3) is 3.72. The lowest BCUT2D eigenvalue weighted by molar-refractivity contribution is 0.522. The van der Waals surface area contributed by atoms with Crippen molar-refractivity contribution in [2.45, 2.75) is 39.7 Å². The van der Waals surface area contributed by atoms with Crippen LogP contribution >= 0.6 is 0 Å². The number of terminal acetylenes is 1. The molecule has 1 rings (SSSR count). The van der Waals surface area contributed by atoms with Crippen LogP contribution in [0.4, 0.5) is 0 Å². The molecular formula is C15H21N. The zero-order valence-corrected chi connectivity index (χ0v) is 10.5. The molecule has 0 saturated carbocycles. The third-order valence-electron chi connectivity index (χ3n) is 2.67. The monoisotopic (exact) mass is 215 g/mol. The minimum atomic E-state index is 0.389. The molecule has 0 fully saturated rings. The Balaban J connectivity index is 2.87. The first-order valence-corrected chi connectivity index (χ1v) is 5.92. The van der Waals surface area contributed by atoms with Crippen LogP contribution in [0, 0.1) is 26.2 Å². The van der Waals surface area contributed by atoms with E-state index in [0.717, 1.165) is 19.4 Å². The topological polar surface area (TPSA) is 12.0 Å². The van der Waals surface area contributed by atoms with Gasteiger partial charge in [-0.2, -0.15) is 0 Å². The number of benzene rings is 1. The fraction of sp³-hybridized carbons (Fsp3) is 0.467. The molecule has 0 aliphatic rings. The first kappa shape index (κ1) is 12.8. The number of nitrogens with one attached hydrogen (secondary N) is 1. The van der Waals surface area contributed by atoms with Gasteiger partial charge in [-0.15, -0.1) is 12.3 Å². The van der Waals surface area contributed by atoms with Gasteiger partial charge in [-0.1, -0.05) is 36.2 Å². The Morgan fingerprint density at radius 3 is 2.38 bits per heavy atom. The van der Waals surface area contributed by atoms with Crippen molar-refractivity contribution in [1.82, 2.24) is 5.32 Å². The van der Waals surface area contributed by atoms with Gasteiger partial charge in [0.1, 0.15) is 0 Å². The molecule has 1 atom stereocenters. The largest absolute Gasteiger partial charge is 0.310 e. The molecule has 0 aromatic heterocycles. The van der Waals surface area contributed by atoms with Gasteiger partial charge < -0.3 is 5.32 Å². The van der Waals surface area contributed by atoms with Crippen molar-refractivity contribution < 1.29 is 0 Å². The molecule has 0 aliphatic carbocycles. The van der Waals surface area contributed by atoms with Gasteiger partial charge in [0, 0.05) is 12.5 Å². The highest BCUT2D eigenvalue weighted by Crippen LogP contribution is 2.21. The minimum absolute atomic E-state index is 0.389. The van der Waals surface area contributed by atoms with Crippen LogP contribution < -0.4 is 5.32 Å². The summed E-state index contributed by atoms with van der Waals surface area (Å²) in [4.78, 5) is 0. The molecule has 0 amide bonds. The van der Waals surface area contributed by atoms with Gasteiger partial charge in [-0.05, 0) is 32.4 Å². The summed E-state index contributed by atoms with van der Waals surface area (Å²) in [6.45, 7) is 7.38. The molecular weight excluding hydrogens is 194 g/mol. The highest BCUT2D eigenvalue weighted by Gasteiger charge is 2.09. The van der Waals surface area contributed by atoms with E-state index in [2.05, 4.69) is 50.2 Å². The average Bonchev–Trinajstić information content (AvgIpc) is 2.22. The zero-order valence-electron chi connectivity index (χ0n) is 10.5. The van der Waals surface area contributed by atoms with Crippen molar-refractivity contribution in [3.8, 4) is 12.3 Å². The Morgan fingerprint density at radius 2 is 1.88 bits per heavy atom. The molecule has 0 heterocycles. The van der Waals surface area contributed by atoms with Crippen molar-refractivity contribution in [2.75, 3.05) is 6.54 Å².